The van der Waals surface area contributed by atoms with Gasteiger partial charge in [0, 0.05) is 23.9 Å². The lowest BCUT2D eigenvalue weighted by molar-refractivity contribution is -0.149. The van der Waals surface area contributed by atoms with E-state index in [1.807, 2.05) is 48.5 Å². The third-order valence-corrected chi connectivity index (χ3v) is 4.06. The van der Waals surface area contributed by atoms with Gasteiger partial charge in [-0.2, -0.15) is 0 Å². The zero-order valence-electron chi connectivity index (χ0n) is 21.5. The van der Waals surface area contributed by atoms with Crippen molar-refractivity contribution in [2.24, 2.45) is 10.8 Å². The first-order chi connectivity index (χ1) is 14.6. The first-order valence-corrected chi connectivity index (χ1v) is 11.2. The Labute approximate surface area is 193 Å². The van der Waals surface area contributed by atoms with Crippen molar-refractivity contribution in [1.29, 1.82) is 0 Å². The average molecular weight is 461 g/mol. The molecule has 1 N–H and O–H groups in total. The molecule has 9 heteroatoms. The van der Waals surface area contributed by atoms with Crippen molar-refractivity contribution >= 4 is 18.0 Å². The molecule has 0 aliphatic heterocycles. The lowest BCUT2D eigenvalue weighted by atomic mass is 9.92. The van der Waals surface area contributed by atoms with Gasteiger partial charge >= 0.3 is 18.0 Å². The predicted molar refractivity (Wildman–Crippen MR) is 122 cm³/mol. The number of nitrogens with zero attached hydrogens (tertiary/aromatic N) is 1. The summed E-state index contributed by atoms with van der Waals surface area (Å²) in [6, 6.07) is 0. The van der Waals surface area contributed by atoms with Crippen LogP contribution in [-0.2, 0) is 28.5 Å². The highest BCUT2D eigenvalue weighted by Crippen LogP contribution is 2.21. The van der Waals surface area contributed by atoms with Gasteiger partial charge in [-0.15, -0.1) is 0 Å². The fourth-order valence-corrected chi connectivity index (χ4v) is 2.88. The van der Waals surface area contributed by atoms with Gasteiger partial charge in [-0.05, 0) is 34.6 Å². The Kier molecular flexibility index (Phi) is 12.8. The van der Waals surface area contributed by atoms with Crippen LogP contribution < -0.4 is 5.32 Å². The second-order valence-corrected chi connectivity index (χ2v) is 10.4. The Hall–Kier alpha value is -1.87. The summed E-state index contributed by atoms with van der Waals surface area (Å²) in [7, 11) is 0. The van der Waals surface area contributed by atoms with Crippen LogP contribution in [0.15, 0.2) is 0 Å². The van der Waals surface area contributed by atoms with Crippen molar-refractivity contribution in [3.8, 4) is 0 Å². The largest absolute Gasteiger partial charge is 0.465 e. The summed E-state index contributed by atoms with van der Waals surface area (Å²) in [6.45, 7) is 19.2. The number of nitrogens with one attached hydrogen (secondary N) is 1. The zero-order chi connectivity index (χ0) is 25.0. The minimum atomic E-state index is -0.548. The number of ether oxygens (including phenoxy) is 4. The van der Waals surface area contributed by atoms with Gasteiger partial charge in [-0.1, -0.05) is 27.7 Å². The van der Waals surface area contributed by atoms with Crippen LogP contribution in [0.2, 0.25) is 0 Å². The standard InChI is InChI=1S/C23H44N2O7/c1-10-30-18(26)12-25(13-19(27)31-11-2)15-23(8,9)17-29-16-22(6,7)14-24-20(28)32-21(3,4)5/h10-17H2,1-9H3,(H,24,28). The molecule has 0 bridgehead atoms. The van der Waals surface area contributed by atoms with Crippen LogP contribution >= 0.6 is 0 Å². The van der Waals surface area contributed by atoms with Gasteiger partial charge in [0.15, 0.2) is 0 Å². The summed E-state index contributed by atoms with van der Waals surface area (Å²) in [5, 5.41) is 2.77. The minimum absolute atomic E-state index is 0.00137. The van der Waals surface area contributed by atoms with E-state index in [4.69, 9.17) is 18.9 Å². The van der Waals surface area contributed by atoms with Gasteiger partial charge in [-0.25, -0.2) is 4.79 Å². The number of amides is 1. The first-order valence-electron chi connectivity index (χ1n) is 11.2. The molecular formula is C23H44N2O7. The van der Waals surface area contributed by atoms with E-state index in [-0.39, 0.29) is 49.1 Å². The molecule has 0 aromatic rings. The number of esters is 2. The van der Waals surface area contributed by atoms with Gasteiger partial charge in [0.25, 0.3) is 0 Å². The van der Waals surface area contributed by atoms with Crippen molar-refractivity contribution in [1.82, 2.24) is 10.2 Å². The SMILES string of the molecule is CCOC(=O)CN(CC(=O)OCC)CC(C)(C)COCC(C)(C)CNC(=O)OC(C)(C)C. The normalized spacial score (nSPS) is 12.4. The minimum Gasteiger partial charge on any atom is -0.465 e. The third kappa shape index (κ3) is 15.9. The van der Waals surface area contributed by atoms with Crippen molar-refractivity contribution in [3.05, 3.63) is 0 Å². The molecule has 0 aliphatic carbocycles. The van der Waals surface area contributed by atoms with Gasteiger partial charge < -0.3 is 24.3 Å². The first kappa shape index (κ1) is 30.1. The summed E-state index contributed by atoms with van der Waals surface area (Å²) >= 11 is 0. The molecule has 0 heterocycles. The third-order valence-electron chi connectivity index (χ3n) is 4.06. The number of carbonyl (C=O) groups excluding carboxylic acids is 3. The van der Waals surface area contributed by atoms with E-state index in [0.29, 0.717) is 26.3 Å². The monoisotopic (exact) mass is 460 g/mol. The Bertz CT molecular complexity index is 578. The fourth-order valence-electron chi connectivity index (χ4n) is 2.88. The maximum absolute atomic E-state index is 11.9. The molecule has 0 saturated heterocycles. The quantitative estimate of drug-likeness (QED) is 0.312. The van der Waals surface area contributed by atoms with Crippen LogP contribution in [0.25, 0.3) is 0 Å². The van der Waals surface area contributed by atoms with E-state index in [1.54, 1.807) is 18.7 Å². The van der Waals surface area contributed by atoms with E-state index >= 15 is 0 Å². The zero-order valence-corrected chi connectivity index (χ0v) is 21.5. The molecule has 0 rings (SSSR count). The molecule has 0 aromatic heterocycles. The number of hydrogen-bond donors (Lipinski definition) is 1. The van der Waals surface area contributed by atoms with Gasteiger partial charge in [0.1, 0.15) is 5.60 Å². The lowest BCUT2D eigenvalue weighted by Crippen LogP contribution is -2.44. The van der Waals surface area contributed by atoms with Crippen molar-refractivity contribution in [2.45, 2.75) is 67.9 Å². The molecule has 0 fully saturated rings. The maximum atomic E-state index is 11.9. The molecule has 0 atom stereocenters. The highest BCUT2D eigenvalue weighted by Gasteiger charge is 2.28. The molecule has 0 radical (unpaired) electrons. The summed E-state index contributed by atoms with van der Waals surface area (Å²) in [4.78, 5) is 37.5. The van der Waals surface area contributed by atoms with Gasteiger partial charge in [0.05, 0.1) is 39.5 Å². The summed E-state index contributed by atoms with van der Waals surface area (Å²) in [5.41, 5.74) is -1.19. The van der Waals surface area contributed by atoms with Crippen LogP contribution in [0.1, 0.15) is 62.3 Å². The van der Waals surface area contributed by atoms with E-state index < -0.39 is 11.7 Å². The van der Waals surface area contributed by atoms with Gasteiger partial charge in [0.2, 0.25) is 0 Å². The van der Waals surface area contributed by atoms with Crippen molar-refractivity contribution in [2.75, 3.05) is 52.6 Å². The van der Waals surface area contributed by atoms with E-state index in [2.05, 4.69) is 5.32 Å². The second-order valence-electron chi connectivity index (χ2n) is 10.4. The second kappa shape index (κ2) is 13.6. The van der Waals surface area contributed by atoms with Crippen molar-refractivity contribution < 1.29 is 33.3 Å². The molecule has 0 saturated carbocycles. The Balaban J connectivity index is 4.72. The Morgan fingerprint density at radius 1 is 0.781 bits per heavy atom. The molecular weight excluding hydrogens is 416 g/mol. The Morgan fingerprint density at radius 3 is 1.69 bits per heavy atom. The summed E-state index contributed by atoms with van der Waals surface area (Å²) in [5.74, 6) is -0.772. The summed E-state index contributed by atoms with van der Waals surface area (Å²) in [6.07, 6.45) is -0.459. The van der Waals surface area contributed by atoms with E-state index in [9.17, 15) is 14.4 Å². The predicted octanol–water partition coefficient (Wildman–Crippen LogP) is 3.01. The number of alkyl carbamates (subject to hydrolysis) is 1. The fraction of sp³-hybridized carbons (Fsp3) is 0.870. The van der Waals surface area contributed by atoms with Crippen LogP contribution in [0.4, 0.5) is 4.79 Å². The molecule has 0 spiro atoms. The molecule has 9 nitrogen and oxygen atoms in total. The molecule has 1 amide bonds. The average Bonchev–Trinajstić information content (AvgIpc) is 2.58. The van der Waals surface area contributed by atoms with Gasteiger partial charge in [-0.3, -0.25) is 14.5 Å². The van der Waals surface area contributed by atoms with Crippen LogP contribution in [0, 0.1) is 10.8 Å². The molecule has 0 aromatic carbocycles. The molecule has 0 aliphatic rings. The summed E-state index contributed by atoms with van der Waals surface area (Å²) < 4.78 is 21.3. The number of rotatable bonds is 14. The topological polar surface area (TPSA) is 103 Å². The molecule has 32 heavy (non-hydrogen) atoms. The van der Waals surface area contributed by atoms with Crippen LogP contribution in [0.3, 0.4) is 0 Å². The highest BCUT2D eigenvalue weighted by molar-refractivity contribution is 5.75. The van der Waals surface area contributed by atoms with E-state index in [1.165, 1.54) is 0 Å². The smallest absolute Gasteiger partial charge is 0.407 e. The van der Waals surface area contributed by atoms with Crippen LogP contribution in [0.5, 0.6) is 0 Å². The number of carbonyl (C=O) groups is 3. The van der Waals surface area contributed by atoms with E-state index in [0.717, 1.165) is 0 Å². The van der Waals surface area contributed by atoms with Crippen molar-refractivity contribution in [3.63, 3.8) is 0 Å². The molecule has 188 valence electrons. The van der Waals surface area contributed by atoms with Crippen LogP contribution in [-0.4, -0.2) is 81.1 Å². The molecule has 0 unspecified atom stereocenters. The maximum Gasteiger partial charge on any atom is 0.407 e. The lowest BCUT2D eigenvalue weighted by Gasteiger charge is -2.33. The Morgan fingerprint density at radius 2 is 1.25 bits per heavy atom. The number of hydrogen-bond acceptors (Lipinski definition) is 8. The highest BCUT2D eigenvalue weighted by atomic mass is 16.6.